The second kappa shape index (κ2) is 8.36. The van der Waals surface area contributed by atoms with Gasteiger partial charge in [0.1, 0.15) is 0 Å². The Hall–Kier alpha value is -1.78. The fraction of sp³-hybridized carbons (Fsp3) is 0.421. The van der Waals surface area contributed by atoms with Crippen molar-refractivity contribution in [3.05, 3.63) is 58.9 Å². The molecule has 2 atom stereocenters. The van der Waals surface area contributed by atoms with Crippen LogP contribution in [0.5, 0.6) is 0 Å². The zero-order valence-electron chi connectivity index (χ0n) is 15.1. The highest BCUT2D eigenvalue weighted by atomic mass is 35.5. The summed E-state index contributed by atoms with van der Waals surface area (Å²) in [4.78, 5) is 14.5. The Morgan fingerprint density at radius 2 is 1.79 bits per heavy atom. The third-order valence-corrected chi connectivity index (χ3v) is 4.71. The zero-order chi connectivity index (χ0) is 17.1. The Balaban J connectivity index is 0.00000288. The number of benzene rings is 1. The normalized spacial score (nSPS) is 13.1. The van der Waals surface area contributed by atoms with E-state index in [4.69, 9.17) is 5.73 Å². The van der Waals surface area contributed by atoms with Gasteiger partial charge >= 0.3 is 0 Å². The lowest BCUT2D eigenvalue weighted by molar-refractivity contribution is 0.0747. The van der Waals surface area contributed by atoms with Gasteiger partial charge in [-0.3, -0.25) is 4.79 Å². The van der Waals surface area contributed by atoms with Crippen molar-refractivity contribution in [3.8, 4) is 0 Å². The molecular weight excluding hydrogens is 322 g/mol. The van der Waals surface area contributed by atoms with E-state index in [1.165, 1.54) is 5.56 Å². The van der Waals surface area contributed by atoms with Gasteiger partial charge in [0.15, 0.2) is 0 Å². The third-order valence-electron chi connectivity index (χ3n) is 4.71. The molecule has 5 heteroatoms. The van der Waals surface area contributed by atoms with Crippen molar-refractivity contribution in [3.63, 3.8) is 0 Å². The van der Waals surface area contributed by atoms with Gasteiger partial charge in [-0.1, -0.05) is 30.3 Å². The molecule has 4 nitrogen and oxygen atoms in total. The molecule has 2 aromatic rings. The number of likely N-dealkylation sites (N-methyl/N-ethyl adjacent to an activating group) is 1. The van der Waals surface area contributed by atoms with Crippen LogP contribution < -0.4 is 5.73 Å². The highest BCUT2D eigenvalue weighted by molar-refractivity contribution is 5.95. The van der Waals surface area contributed by atoms with E-state index < -0.39 is 0 Å². The quantitative estimate of drug-likeness (QED) is 0.897. The number of hydrogen-bond donors (Lipinski definition) is 1. The number of aryl methyl sites for hydroxylation is 1. The van der Waals surface area contributed by atoms with Crippen LogP contribution in [0.4, 0.5) is 0 Å². The largest absolute Gasteiger partial charge is 0.341 e. The minimum absolute atomic E-state index is 0. The Labute approximate surface area is 151 Å². The third kappa shape index (κ3) is 3.82. The lowest BCUT2D eigenvalue weighted by atomic mass is 10.1. The number of hydrogen-bond acceptors (Lipinski definition) is 2. The fourth-order valence-corrected chi connectivity index (χ4v) is 3.02. The van der Waals surface area contributed by atoms with E-state index >= 15 is 0 Å². The highest BCUT2D eigenvalue weighted by Gasteiger charge is 2.23. The molecule has 0 spiro atoms. The van der Waals surface area contributed by atoms with Crippen molar-refractivity contribution in [2.75, 3.05) is 13.6 Å². The van der Waals surface area contributed by atoms with Crippen LogP contribution in [0.15, 0.2) is 36.4 Å². The summed E-state index contributed by atoms with van der Waals surface area (Å²) in [7, 11) is 1.81. The van der Waals surface area contributed by atoms with Gasteiger partial charge in [0, 0.05) is 31.0 Å². The number of rotatable bonds is 5. The molecule has 0 fully saturated rings. The SMILES string of the molecule is Cc1cc(C(=O)N(C)C(C)CN)c(C)n1C(C)c1ccccc1.Cl. The van der Waals surface area contributed by atoms with Crippen LogP contribution in [-0.4, -0.2) is 35.0 Å². The monoisotopic (exact) mass is 349 g/mol. The number of carbonyl (C=O) groups is 1. The zero-order valence-corrected chi connectivity index (χ0v) is 15.9. The first kappa shape index (κ1) is 20.3. The minimum atomic E-state index is 0. The van der Waals surface area contributed by atoms with E-state index in [1.807, 2.05) is 45.2 Å². The number of carbonyl (C=O) groups excluding carboxylic acids is 1. The van der Waals surface area contributed by atoms with Gasteiger partial charge in [-0.25, -0.2) is 0 Å². The molecule has 0 saturated carbocycles. The molecule has 132 valence electrons. The van der Waals surface area contributed by atoms with Crippen LogP contribution in [0.25, 0.3) is 0 Å². The van der Waals surface area contributed by atoms with Crippen LogP contribution in [0.2, 0.25) is 0 Å². The Bertz CT molecular complexity index is 681. The minimum Gasteiger partial charge on any atom is -0.341 e. The predicted octanol–water partition coefficient (Wildman–Crippen LogP) is 3.56. The molecule has 0 bridgehead atoms. The summed E-state index contributed by atoms with van der Waals surface area (Å²) >= 11 is 0. The number of halogens is 1. The van der Waals surface area contributed by atoms with Gasteiger partial charge in [-0.15, -0.1) is 12.4 Å². The Kier molecular flexibility index (Phi) is 7.06. The Morgan fingerprint density at radius 3 is 2.33 bits per heavy atom. The molecule has 0 radical (unpaired) electrons. The second-order valence-corrected chi connectivity index (χ2v) is 6.24. The van der Waals surface area contributed by atoms with E-state index in [9.17, 15) is 4.79 Å². The van der Waals surface area contributed by atoms with Gasteiger partial charge < -0.3 is 15.2 Å². The maximum Gasteiger partial charge on any atom is 0.255 e. The lowest BCUT2D eigenvalue weighted by Crippen LogP contribution is -2.39. The van der Waals surface area contributed by atoms with Crippen LogP contribution in [0.1, 0.15) is 47.2 Å². The second-order valence-electron chi connectivity index (χ2n) is 6.24. The molecular formula is C19H28ClN3O. The summed E-state index contributed by atoms with van der Waals surface area (Å²) in [5.41, 5.74) is 9.77. The molecule has 0 saturated heterocycles. The van der Waals surface area contributed by atoms with Crippen molar-refractivity contribution in [1.82, 2.24) is 9.47 Å². The molecule has 1 aromatic heterocycles. The average Bonchev–Trinajstić information content (AvgIpc) is 2.87. The molecule has 2 unspecified atom stereocenters. The first-order valence-corrected chi connectivity index (χ1v) is 8.09. The van der Waals surface area contributed by atoms with Crippen molar-refractivity contribution in [2.24, 2.45) is 5.73 Å². The van der Waals surface area contributed by atoms with Crippen molar-refractivity contribution in [2.45, 2.75) is 39.8 Å². The van der Waals surface area contributed by atoms with Crippen LogP contribution in [0.3, 0.4) is 0 Å². The summed E-state index contributed by atoms with van der Waals surface area (Å²) in [5.74, 6) is 0.0301. The summed E-state index contributed by atoms with van der Waals surface area (Å²) in [5, 5.41) is 0. The number of amides is 1. The standard InChI is InChI=1S/C19H27N3O.ClH/c1-13-11-18(19(23)21(5)14(2)12-20)16(4)22(13)15(3)17-9-7-6-8-10-17;/h6-11,14-15H,12,20H2,1-5H3;1H. The van der Waals surface area contributed by atoms with Gasteiger partial charge in [0.2, 0.25) is 0 Å². The van der Waals surface area contributed by atoms with Crippen LogP contribution >= 0.6 is 12.4 Å². The van der Waals surface area contributed by atoms with Crippen LogP contribution in [0, 0.1) is 13.8 Å². The molecule has 1 amide bonds. The van der Waals surface area contributed by atoms with Gasteiger partial charge in [0.05, 0.1) is 11.6 Å². The molecule has 1 aromatic carbocycles. The maximum absolute atomic E-state index is 12.7. The van der Waals surface area contributed by atoms with Gasteiger partial charge in [-0.2, -0.15) is 0 Å². The number of nitrogens with two attached hydrogens (primary N) is 1. The topological polar surface area (TPSA) is 51.3 Å². The number of aromatic nitrogens is 1. The molecule has 24 heavy (non-hydrogen) atoms. The molecule has 0 aliphatic heterocycles. The first-order valence-electron chi connectivity index (χ1n) is 8.09. The van der Waals surface area contributed by atoms with Gasteiger partial charge in [-0.05, 0) is 39.3 Å². The predicted molar refractivity (Wildman–Crippen MR) is 102 cm³/mol. The summed E-state index contributed by atoms with van der Waals surface area (Å²) in [6.07, 6.45) is 0. The first-order chi connectivity index (χ1) is 10.9. The van der Waals surface area contributed by atoms with E-state index in [0.29, 0.717) is 6.54 Å². The van der Waals surface area contributed by atoms with Crippen molar-refractivity contribution >= 4 is 18.3 Å². The average molecular weight is 350 g/mol. The molecule has 2 N–H and O–H groups in total. The molecule has 2 rings (SSSR count). The van der Waals surface area contributed by atoms with E-state index in [0.717, 1.165) is 17.0 Å². The fourth-order valence-electron chi connectivity index (χ4n) is 3.02. The van der Waals surface area contributed by atoms with E-state index in [2.05, 4.69) is 30.5 Å². The summed E-state index contributed by atoms with van der Waals surface area (Å²) < 4.78 is 2.23. The van der Waals surface area contributed by atoms with E-state index in [-0.39, 0.29) is 30.4 Å². The summed E-state index contributed by atoms with van der Waals surface area (Å²) in [6.45, 7) is 8.65. The number of nitrogens with zero attached hydrogens (tertiary/aromatic N) is 2. The van der Waals surface area contributed by atoms with Gasteiger partial charge in [0.25, 0.3) is 5.91 Å². The molecule has 0 aliphatic carbocycles. The molecule has 1 heterocycles. The molecule has 0 aliphatic rings. The van der Waals surface area contributed by atoms with E-state index in [1.54, 1.807) is 4.90 Å². The van der Waals surface area contributed by atoms with Crippen molar-refractivity contribution < 1.29 is 4.79 Å². The van der Waals surface area contributed by atoms with Crippen LogP contribution in [-0.2, 0) is 0 Å². The lowest BCUT2D eigenvalue weighted by Gasteiger charge is -2.24. The maximum atomic E-state index is 12.7. The summed E-state index contributed by atoms with van der Waals surface area (Å²) in [6, 6.07) is 12.5. The highest BCUT2D eigenvalue weighted by Crippen LogP contribution is 2.26. The Morgan fingerprint density at radius 1 is 1.21 bits per heavy atom. The van der Waals surface area contributed by atoms with Crippen molar-refractivity contribution in [1.29, 1.82) is 0 Å². The smallest absolute Gasteiger partial charge is 0.255 e.